The molecule has 0 aliphatic rings. The molecule has 0 radical (unpaired) electrons. The summed E-state index contributed by atoms with van der Waals surface area (Å²) >= 11 is 0. The van der Waals surface area contributed by atoms with Gasteiger partial charge in [0.15, 0.2) is 0 Å². The number of benzene rings is 1. The van der Waals surface area contributed by atoms with E-state index in [0.29, 0.717) is 17.2 Å². The molecule has 0 aliphatic heterocycles. The largest absolute Gasteiger partial charge is 0.383 e. The number of halogens is 2. The summed E-state index contributed by atoms with van der Waals surface area (Å²) in [5.74, 6) is -0.780. The Bertz CT molecular complexity index is 856. The lowest BCUT2D eigenvalue weighted by Crippen LogP contribution is -2.21. The standard InChI is InChI=1S/C18H17F2N5/c1-11-12(2)23-18(24-17(11)21)25(10-15-5-3-4-6-22-15)16-8-13(19)7-14(20)9-16/h3-9H,10H2,1-2H3,(H2,21,23,24). The van der Waals surface area contributed by atoms with Crippen LogP contribution in [0.2, 0.25) is 0 Å². The van der Waals surface area contributed by atoms with Crippen LogP contribution >= 0.6 is 0 Å². The van der Waals surface area contributed by atoms with E-state index in [2.05, 4.69) is 15.0 Å². The van der Waals surface area contributed by atoms with Gasteiger partial charge in [-0.25, -0.2) is 13.8 Å². The fraction of sp³-hybridized carbons (Fsp3) is 0.167. The summed E-state index contributed by atoms with van der Waals surface area (Å²) in [7, 11) is 0. The molecule has 2 heterocycles. The molecule has 0 unspecified atom stereocenters. The molecular formula is C18H17F2N5. The van der Waals surface area contributed by atoms with E-state index in [1.165, 1.54) is 12.1 Å². The minimum Gasteiger partial charge on any atom is -0.383 e. The van der Waals surface area contributed by atoms with Crippen molar-refractivity contribution in [3.63, 3.8) is 0 Å². The topological polar surface area (TPSA) is 67.9 Å². The van der Waals surface area contributed by atoms with Crippen LogP contribution in [0.25, 0.3) is 0 Å². The van der Waals surface area contributed by atoms with Crippen molar-refractivity contribution in [3.8, 4) is 0 Å². The molecule has 0 atom stereocenters. The van der Waals surface area contributed by atoms with Crippen molar-refractivity contribution >= 4 is 17.5 Å². The van der Waals surface area contributed by atoms with E-state index >= 15 is 0 Å². The SMILES string of the molecule is Cc1nc(N(Cc2ccccn2)c2cc(F)cc(F)c2)nc(N)c1C. The molecule has 1 aromatic carbocycles. The molecule has 2 aromatic heterocycles. The quantitative estimate of drug-likeness (QED) is 0.784. The van der Waals surface area contributed by atoms with Gasteiger partial charge in [-0.05, 0) is 38.1 Å². The van der Waals surface area contributed by atoms with E-state index in [1.807, 2.05) is 26.0 Å². The highest BCUT2D eigenvalue weighted by Crippen LogP contribution is 2.28. The highest BCUT2D eigenvalue weighted by atomic mass is 19.1. The molecule has 3 rings (SSSR count). The molecule has 3 aromatic rings. The first-order valence-electron chi connectivity index (χ1n) is 7.68. The number of nitrogen functional groups attached to an aromatic ring is 1. The van der Waals surface area contributed by atoms with Crippen molar-refractivity contribution in [3.05, 3.63) is 71.2 Å². The van der Waals surface area contributed by atoms with Crippen molar-refractivity contribution in [1.82, 2.24) is 15.0 Å². The number of nitrogens with two attached hydrogens (primary N) is 1. The van der Waals surface area contributed by atoms with Crippen molar-refractivity contribution in [2.24, 2.45) is 0 Å². The molecule has 0 bridgehead atoms. The monoisotopic (exact) mass is 341 g/mol. The summed E-state index contributed by atoms with van der Waals surface area (Å²) in [4.78, 5) is 14.6. The number of nitrogens with zero attached hydrogens (tertiary/aromatic N) is 4. The maximum atomic E-state index is 13.7. The highest BCUT2D eigenvalue weighted by molar-refractivity contribution is 5.60. The average Bonchev–Trinajstić information content (AvgIpc) is 2.57. The van der Waals surface area contributed by atoms with Gasteiger partial charge in [-0.15, -0.1) is 0 Å². The summed E-state index contributed by atoms with van der Waals surface area (Å²) in [6.45, 7) is 3.87. The lowest BCUT2D eigenvalue weighted by molar-refractivity contribution is 0.582. The fourth-order valence-electron chi connectivity index (χ4n) is 2.38. The van der Waals surface area contributed by atoms with Crippen LogP contribution in [0.1, 0.15) is 17.0 Å². The number of hydrogen-bond donors (Lipinski definition) is 1. The van der Waals surface area contributed by atoms with Gasteiger partial charge in [0.2, 0.25) is 5.95 Å². The third-order valence-electron chi connectivity index (χ3n) is 3.86. The van der Waals surface area contributed by atoms with Crippen LogP contribution in [0.15, 0.2) is 42.6 Å². The minimum atomic E-state index is -0.683. The van der Waals surface area contributed by atoms with Gasteiger partial charge >= 0.3 is 0 Å². The van der Waals surface area contributed by atoms with Gasteiger partial charge in [0.25, 0.3) is 0 Å². The lowest BCUT2D eigenvalue weighted by atomic mass is 10.2. The normalized spacial score (nSPS) is 10.7. The maximum Gasteiger partial charge on any atom is 0.232 e. The second kappa shape index (κ2) is 6.80. The van der Waals surface area contributed by atoms with Crippen LogP contribution in [0.5, 0.6) is 0 Å². The molecule has 2 N–H and O–H groups in total. The molecule has 0 amide bonds. The summed E-state index contributed by atoms with van der Waals surface area (Å²) in [5.41, 5.74) is 8.40. The second-order valence-electron chi connectivity index (χ2n) is 5.65. The molecule has 25 heavy (non-hydrogen) atoms. The Balaban J connectivity index is 2.11. The molecule has 0 spiro atoms. The molecule has 0 fully saturated rings. The number of rotatable bonds is 4. The second-order valence-corrected chi connectivity index (χ2v) is 5.65. The molecule has 0 saturated heterocycles. The van der Waals surface area contributed by atoms with Gasteiger partial charge in [-0.1, -0.05) is 6.07 Å². The minimum absolute atomic E-state index is 0.242. The summed E-state index contributed by atoms with van der Waals surface area (Å²) in [6, 6.07) is 8.70. The zero-order valence-corrected chi connectivity index (χ0v) is 13.9. The van der Waals surface area contributed by atoms with Gasteiger partial charge in [0, 0.05) is 23.5 Å². The first kappa shape index (κ1) is 16.8. The Morgan fingerprint density at radius 1 is 1.04 bits per heavy atom. The average molecular weight is 341 g/mol. The van der Waals surface area contributed by atoms with Crippen molar-refractivity contribution in [1.29, 1.82) is 0 Å². The molecule has 128 valence electrons. The van der Waals surface area contributed by atoms with Gasteiger partial charge in [-0.2, -0.15) is 4.98 Å². The third kappa shape index (κ3) is 3.71. The maximum absolute atomic E-state index is 13.7. The Morgan fingerprint density at radius 3 is 2.36 bits per heavy atom. The van der Waals surface area contributed by atoms with Crippen LogP contribution in [-0.4, -0.2) is 15.0 Å². The van der Waals surface area contributed by atoms with Crippen molar-refractivity contribution in [2.45, 2.75) is 20.4 Å². The smallest absolute Gasteiger partial charge is 0.232 e. The van der Waals surface area contributed by atoms with Crippen LogP contribution in [0.4, 0.5) is 26.2 Å². The molecule has 5 nitrogen and oxygen atoms in total. The Hall–Kier alpha value is -3.09. The molecule has 0 aliphatic carbocycles. The number of pyridine rings is 1. The summed E-state index contributed by atoms with van der Waals surface area (Å²) in [5, 5.41) is 0. The van der Waals surface area contributed by atoms with E-state index in [4.69, 9.17) is 5.73 Å². The van der Waals surface area contributed by atoms with Gasteiger partial charge in [0.05, 0.1) is 17.9 Å². The van der Waals surface area contributed by atoms with Crippen molar-refractivity contribution in [2.75, 3.05) is 10.6 Å². The third-order valence-corrected chi connectivity index (χ3v) is 3.86. The fourth-order valence-corrected chi connectivity index (χ4v) is 2.38. The Kier molecular flexibility index (Phi) is 4.56. The Labute approximate surface area is 144 Å². The van der Waals surface area contributed by atoms with E-state index in [1.54, 1.807) is 17.2 Å². The van der Waals surface area contributed by atoms with E-state index in [9.17, 15) is 8.78 Å². The van der Waals surface area contributed by atoms with Crippen LogP contribution in [-0.2, 0) is 6.54 Å². The van der Waals surface area contributed by atoms with Gasteiger partial charge < -0.3 is 10.6 Å². The first-order valence-corrected chi connectivity index (χ1v) is 7.68. The molecular weight excluding hydrogens is 324 g/mol. The number of hydrogen-bond acceptors (Lipinski definition) is 5. The van der Waals surface area contributed by atoms with Crippen LogP contribution < -0.4 is 10.6 Å². The highest BCUT2D eigenvalue weighted by Gasteiger charge is 2.18. The summed E-state index contributed by atoms with van der Waals surface area (Å²) < 4.78 is 27.4. The van der Waals surface area contributed by atoms with Crippen LogP contribution in [0.3, 0.4) is 0 Å². The number of aryl methyl sites for hydroxylation is 1. The first-order chi connectivity index (χ1) is 11.9. The van der Waals surface area contributed by atoms with Crippen molar-refractivity contribution < 1.29 is 8.78 Å². The summed E-state index contributed by atoms with van der Waals surface area (Å²) in [6.07, 6.45) is 1.65. The van der Waals surface area contributed by atoms with Gasteiger partial charge in [0.1, 0.15) is 17.5 Å². The zero-order valence-electron chi connectivity index (χ0n) is 13.9. The predicted octanol–water partition coefficient (Wildman–Crippen LogP) is 3.69. The molecule has 0 saturated carbocycles. The lowest BCUT2D eigenvalue weighted by Gasteiger charge is -2.23. The van der Waals surface area contributed by atoms with E-state index in [-0.39, 0.29) is 18.2 Å². The predicted molar refractivity (Wildman–Crippen MR) is 92.4 cm³/mol. The van der Waals surface area contributed by atoms with E-state index in [0.717, 1.165) is 11.6 Å². The molecule has 7 heteroatoms. The van der Waals surface area contributed by atoms with E-state index < -0.39 is 11.6 Å². The number of anilines is 3. The zero-order chi connectivity index (χ0) is 18.0. The number of aromatic nitrogens is 3. The van der Waals surface area contributed by atoms with Crippen LogP contribution in [0, 0.1) is 25.5 Å². The Morgan fingerprint density at radius 2 is 1.76 bits per heavy atom. The van der Waals surface area contributed by atoms with Gasteiger partial charge in [-0.3, -0.25) is 4.98 Å².